The molecule has 0 spiro atoms. The highest BCUT2D eigenvalue weighted by Crippen LogP contribution is 1.91. The number of halogens is 1. The average molecular weight is 176 g/mol. The molecule has 0 radical (unpaired) electrons. The zero-order chi connectivity index (χ0) is 8.69. The number of hydrogen-bond acceptors (Lipinski definition) is 1. The third kappa shape index (κ3) is 5.92. The van der Waals surface area contributed by atoms with Crippen LogP contribution >= 0.6 is 11.6 Å². The van der Waals surface area contributed by atoms with E-state index in [1.807, 2.05) is 0 Å². The fourth-order valence-electron chi connectivity index (χ4n) is 0.572. The molecule has 2 nitrogen and oxygen atoms in total. The molecule has 11 heavy (non-hydrogen) atoms. The smallest absolute Gasteiger partial charge is 0.246 e. The SMILES string of the molecule is C=C(C)C(=O)NCCCCCl. The van der Waals surface area contributed by atoms with Crippen molar-refractivity contribution < 1.29 is 4.79 Å². The Kier molecular flexibility index (Phi) is 5.94. The van der Waals surface area contributed by atoms with E-state index in [1.54, 1.807) is 6.92 Å². The van der Waals surface area contributed by atoms with Crippen molar-refractivity contribution in [3.05, 3.63) is 12.2 Å². The maximum atomic E-state index is 10.9. The molecule has 0 saturated carbocycles. The molecule has 1 amide bonds. The maximum absolute atomic E-state index is 10.9. The normalized spacial score (nSPS) is 9.27. The number of amides is 1. The summed E-state index contributed by atoms with van der Waals surface area (Å²) < 4.78 is 0. The highest BCUT2D eigenvalue weighted by molar-refractivity contribution is 6.17. The summed E-state index contributed by atoms with van der Waals surface area (Å²) in [6.45, 7) is 5.90. The van der Waals surface area contributed by atoms with Crippen molar-refractivity contribution in [3.63, 3.8) is 0 Å². The van der Waals surface area contributed by atoms with Crippen LogP contribution in [-0.2, 0) is 4.79 Å². The van der Waals surface area contributed by atoms with Crippen molar-refractivity contribution in [3.8, 4) is 0 Å². The predicted molar refractivity (Wildman–Crippen MR) is 47.8 cm³/mol. The Morgan fingerprint density at radius 3 is 2.64 bits per heavy atom. The van der Waals surface area contributed by atoms with E-state index in [0.717, 1.165) is 12.8 Å². The first-order chi connectivity index (χ1) is 5.18. The van der Waals surface area contributed by atoms with E-state index in [0.29, 0.717) is 18.0 Å². The minimum Gasteiger partial charge on any atom is -0.352 e. The second kappa shape index (κ2) is 6.23. The Morgan fingerprint density at radius 1 is 1.55 bits per heavy atom. The van der Waals surface area contributed by atoms with E-state index in [2.05, 4.69) is 11.9 Å². The summed E-state index contributed by atoms with van der Waals surface area (Å²) in [6, 6.07) is 0. The van der Waals surface area contributed by atoms with Crippen molar-refractivity contribution in [2.45, 2.75) is 19.8 Å². The molecule has 0 aromatic rings. The van der Waals surface area contributed by atoms with Crippen molar-refractivity contribution in [1.82, 2.24) is 5.32 Å². The van der Waals surface area contributed by atoms with Crippen molar-refractivity contribution in [2.24, 2.45) is 0 Å². The van der Waals surface area contributed by atoms with E-state index >= 15 is 0 Å². The van der Waals surface area contributed by atoms with Crippen molar-refractivity contribution in [1.29, 1.82) is 0 Å². The standard InChI is InChI=1S/C8H14ClNO/c1-7(2)8(11)10-6-4-3-5-9/h1,3-6H2,2H3,(H,10,11). The van der Waals surface area contributed by atoms with Crippen LogP contribution in [0.1, 0.15) is 19.8 Å². The molecular weight excluding hydrogens is 162 g/mol. The quantitative estimate of drug-likeness (QED) is 0.385. The summed E-state index contributed by atoms with van der Waals surface area (Å²) in [5.74, 6) is 0.586. The summed E-state index contributed by atoms with van der Waals surface area (Å²) in [5.41, 5.74) is 0.552. The second-order valence-electron chi connectivity index (χ2n) is 2.43. The molecule has 0 fully saturated rings. The summed E-state index contributed by atoms with van der Waals surface area (Å²) in [4.78, 5) is 10.9. The Balaban J connectivity index is 3.25. The van der Waals surface area contributed by atoms with Crippen LogP contribution in [0.2, 0.25) is 0 Å². The van der Waals surface area contributed by atoms with Gasteiger partial charge in [-0.2, -0.15) is 0 Å². The number of alkyl halides is 1. The first kappa shape index (κ1) is 10.5. The van der Waals surface area contributed by atoms with Crippen LogP contribution in [0.3, 0.4) is 0 Å². The van der Waals surface area contributed by atoms with Gasteiger partial charge in [-0.05, 0) is 19.8 Å². The van der Waals surface area contributed by atoms with Crippen LogP contribution in [-0.4, -0.2) is 18.3 Å². The Labute approximate surface area is 72.6 Å². The third-order valence-corrected chi connectivity index (χ3v) is 1.50. The molecule has 0 aromatic carbocycles. The summed E-state index contributed by atoms with van der Waals surface area (Å²) in [5, 5.41) is 2.72. The fourth-order valence-corrected chi connectivity index (χ4v) is 0.761. The van der Waals surface area contributed by atoms with Gasteiger partial charge in [0.1, 0.15) is 0 Å². The maximum Gasteiger partial charge on any atom is 0.246 e. The lowest BCUT2D eigenvalue weighted by molar-refractivity contribution is -0.117. The van der Waals surface area contributed by atoms with E-state index in [1.165, 1.54) is 0 Å². The molecule has 0 bridgehead atoms. The molecule has 0 atom stereocenters. The molecule has 0 aromatic heterocycles. The number of hydrogen-bond donors (Lipinski definition) is 1. The van der Waals surface area contributed by atoms with Crippen LogP contribution in [0.5, 0.6) is 0 Å². The molecule has 0 rings (SSSR count). The molecule has 0 heterocycles. The Hall–Kier alpha value is -0.500. The minimum absolute atomic E-state index is 0.0698. The van der Waals surface area contributed by atoms with E-state index < -0.39 is 0 Å². The molecule has 0 saturated heterocycles. The van der Waals surface area contributed by atoms with Gasteiger partial charge in [0, 0.05) is 18.0 Å². The van der Waals surface area contributed by atoms with Crippen LogP contribution in [0.4, 0.5) is 0 Å². The topological polar surface area (TPSA) is 29.1 Å². The highest BCUT2D eigenvalue weighted by atomic mass is 35.5. The summed E-state index contributed by atoms with van der Waals surface area (Å²) in [7, 11) is 0. The van der Waals surface area contributed by atoms with Crippen LogP contribution in [0, 0.1) is 0 Å². The first-order valence-electron chi connectivity index (χ1n) is 3.68. The Bertz CT molecular complexity index is 145. The van der Waals surface area contributed by atoms with Gasteiger partial charge in [-0.3, -0.25) is 4.79 Å². The van der Waals surface area contributed by atoms with Gasteiger partial charge in [-0.25, -0.2) is 0 Å². The predicted octanol–water partition coefficient (Wildman–Crippen LogP) is 1.70. The molecule has 0 aliphatic carbocycles. The fraction of sp³-hybridized carbons (Fsp3) is 0.625. The molecule has 0 aliphatic heterocycles. The van der Waals surface area contributed by atoms with Gasteiger partial charge in [-0.1, -0.05) is 6.58 Å². The van der Waals surface area contributed by atoms with Gasteiger partial charge >= 0.3 is 0 Å². The van der Waals surface area contributed by atoms with Gasteiger partial charge in [0.2, 0.25) is 5.91 Å². The summed E-state index contributed by atoms with van der Waals surface area (Å²) in [6.07, 6.45) is 1.88. The minimum atomic E-state index is -0.0698. The van der Waals surface area contributed by atoms with Crippen molar-refractivity contribution >= 4 is 17.5 Å². The number of nitrogens with one attached hydrogen (secondary N) is 1. The molecule has 1 N–H and O–H groups in total. The largest absolute Gasteiger partial charge is 0.352 e. The van der Waals surface area contributed by atoms with Gasteiger partial charge in [0.25, 0.3) is 0 Å². The van der Waals surface area contributed by atoms with Crippen LogP contribution in [0.25, 0.3) is 0 Å². The van der Waals surface area contributed by atoms with Gasteiger partial charge in [-0.15, -0.1) is 11.6 Å². The summed E-state index contributed by atoms with van der Waals surface area (Å²) >= 11 is 5.45. The van der Waals surface area contributed by atoms with E-state index in [4.69, 9.17) is 11.6 Å². The second-order valence-corrected chi connectivity index (χ2v) is 2.81. The van der Waals surface area contributed by atoms with E-state index in [-0.39, 0.29) is 5.91 Å². The average Bonchev–Trinajstić information content (AvgIpc) is 1.97. The lowest BCUT2D eigenvalue weighted by atomic mass is 10.3. The zero-order valence-corrected chi connectivity index (χ0v) is 7.58. The van der Waals surface area contributed by atoms with Gasteiger partial charge in [0.15, 0.2) is 0 Å². The highest BCUT2D eigenvalue weighted by Gasteiger charge is 1.98. The van der Waals surface area contributed by atoms with Crippen LogP contribution in [0.15, 0.2) is 12.2 Å². The number of unbranched alkanes of at least 4 members (excludes halogenated alkanes) is 1. The monoisotopic (exact) mass is 175 g/mol. The molecule has 64 valence electrons. The molecule has 0 unspecified atom stereocenters. The number of carbonyl (C=O) groups excluding carboxylic acids is 1. The lowest BCUT2D eigenvalue weighted by Gasteiger charge is -2.02. The van der Waals surface area contributed by atoms with Crippen LogP contribution < -0.4 is 5.32 Å². The number of rotatable bonds is 5. The lowest BCUT2D eigenvalue weighted by Crippen LogP contribution is -2.24. The third-order valence-electron chi connectivity index (χ3n) is 1.23. The molecule has 3 heteroatoms. The van der Waals surface area contributed by atoms with Crippen molar-refractivity contribution in [2.75, 3.05) is 12.4 Å². The van der Waals surface area contributed by atoms with Gasteiger partial charge in [0.05, 0.1) is 0 Å². The first-order valence-corrected chi connectivity index (χ1v) is 4.21. The molecular formula is C8H14ClNO. The van der Waals surface area contributed by atoms with Gasteiger partial charge < -0.3 is 5.32 Å². The van der Waals surface area contributed by atoms with E-state index in [9.17, 15) is 4.79 Å². The Morgan fingerprint density at radius 2 is 2.18 bits per heavy atom. The zero-order valence-electron chi connectivity index (χ0n) is 6.82. The molecule has 0 aliphatic rings. The number of carbonyl (C=O) groups is 1.